The molecular formula is C99H151N7O41. The van der Waals surface area contributed by atoms with Gasteiger partial charge >= 0.3 is 77.6 Å². The lowest BCUT2D eigenvalue weighted by molar-refractivity contribution is -0.266. The molecule has 48 heteroatoms. The van der Waals surface area contributed by atoms with Crippen molar-refractivity contribution in [3.05, 3.63) is 35.9 Å². The second-order valence-corrected chi connectivity index (χ2v) is 35.8. The number of hydrogen-bond donors (Lipinski definition) is 7. The van der Waals surface area contributed by atoms with E-state index >= 15 is 0 Å². The van der Waals surface area contributed by atoms with E-state index in [9.17, 15) is 95.9 Å². The molecule has 5 rings (SSSR count). The van der Waals surface area contributed by atoms with E-state index in [2.05, 4.69) is 37.2 Å². The molecule has 828 valence electrons. The van der Waals surface area contributed by atoms with Crippen molar-refractivity contribution in [3.63, 3.8) is 0 Å². The molecule has 147 heavy (non-hydrogen) atoms. The van der Waals surface area contributed by atoms with Crippen LogP contribution in [-0.4, -0.2) is 315 Å². The Morgan fingerprint density at radius 2 is 0.524 bits per heavy atom. The van der Waals surface area contributed by atoms with Crippen LogP contribution in [-0.2, 0) is 202 Å². The standard InChI is InChI=1S/C99H151N7O41/c1-60(107)131-56-80-93(140-68(9)115)76(136-64(5)111)51-89(144-80)127-47-28-17-13-24-43-100-84(119)40-37-73(97(124)101-44-25-14-18-29-48-128-90-52-77(137-65(6)112)94(141-69(10)116)81(145-90)57-132-61(2)108)105-86(121)42-39-75(99(126)103-46-27-16-20-31-50-130-92-54-79(139-67(8)114)96(143-71(12)118)83(147-92)59-134-63(4)110)106-87(122)41-38-74(104-85(120)35-32-36-88(123)135-55-72-33-22-21-23-34-72)98(125)102-45-26-15-19-30-49-129-91-53-78(138-66(7)113)95(142-70(11)117)82(146-91)58-133-62(3)109/h21-23,33-34,73-83,89-96H,13-20,24-32,35-59H2,1-12H3,(H,100,119)(H,101,124)(H,102,125)(H,103,126)(H,104,120)(H,105,121)(H,106,122)/t73?,74?,75?,76-,77-,78-,79-,80-,81-,82-,83-,89-,90-,91-,92-,93-,94-,95-,96-/m1/s1. The third-order valence-electron chi connectivity index (χ3n) is 22.9. The Labute approximate surface area is 855 Å². The first kappa shape index (κ1) is 126. The van der Waals surface area contributed by atoms with Gasteiger partial charge in [-0.25, -0.2) is 0 Å². The predicted octanol–water partition coefficient (Wildman–Crippen LogP) is 4.63. The van der Waals surface area contributed by atoms with Gasteiger partial charge in [0.05, 0.1) is 0 Å². The van der Waals surface area contributed by atoms with E-state index in [1.807, 2.05) is 0 Å². The molecule has 7 amide bonds. The molecule has 48 nitrogen and oxygen atoms in total. The van der Waals surface area contributed by atoms with Crippen molar-refractivity contribution in [1.29, 1.82) is 0 Å². The van der Waals surface area contributed by atoms with Crippen molar-refractivity contribution >= 4 is 119 Å². The molecule has 0 aliphatic carbocycles. The van der Waals surface area contributed by atoms with Gasteiger partial charge < -0.3 is 137 Å². The molecule has 0 aromatic heterocycles. The lowest BCUT2D eigenvalue weighted by Crippen LogP contribution is -2.54. The third kappa shape index (κ3) is 55.2. The number of benzene rings is 1. The van der Waals surface area contributed by atoms with Crippen molar-refractivity contribution in [3.8, 4) is 0 Å². The summed E-state index contributed by atoms with van der Waals surface area (Å²) in [6.45, 7) is 13.9. The number of carbonyl (C=O) groups is 20. The lowest BCUT2D eigenvalue weighted by atomic mass is 10.0. The summed E-state index contributed by atoms with van der Waals surface area (Å²) in [7, 11) is 0. The maximum Gasteiger partial charge on any atom is 0.306 e. The Hall–Kier alpha value is -11.7. The van der Waals surface area contributed by atoms with E-state index in [4.69, 9.17) is 99.5 Å². The topological polar surface area (TPSA) is 619 Å². The number of nitrogens with one attached hydrogen (secondary N) is 7. The molecule has 4 heterocycles. The van der Waals surface area contributed by atoms with Gasteiger partial charge in [0.15, 0.2) is 49.6 Å². The minimum Gasteiger partial charge on any atom is -0.463 e. The minimum atomic E-state index is -1.45. The van der Waals surface area contributed by atoms with Crippen LogP contribution < -0.4 is 37.2 Å². The van der Waals surface area contributed by atoms with Crippen molar-refractivity contribution in [1.82, 2.24) is 37.2 Å². The largest absolute Gasteiger partial charge is 0.463 e. The van der Waals surface area contributed by atoms with E-state index in [0.717, 1.165) is 12.5 Å². The van der Waals surface area contributed by atoms with Crippen LogP contribution in [0.1, 0.15) is 275 Å². The number of unbranched alkanes of at least 4 members (excludes halogenated alkanes) is 12. The van der Waals surface area contributed by atoms with E-state index < -0.39 is 248 Å². The van der Waals surface area contributed by atoms with Crippen LogP contribution in [0.4, 0.5) is 0 Å². The monoisotopic (exact) mass is 2090 g/mol. The number of esters is 13. The highest BCUT2D eigenvalue weighted by atomic mass is 16.7. The molecule has 7 N–H and O–H groups in total. The van der Waals surface area contributed by atoms with E-state index in [1.165, 1.54) is 76.2 Å². The number of amides is 7. The van der Waals surface area contributed by atoms with Gasteiger partial charge in [0.2, 0.25) is 41.4 Å². The molecule has 19 atom stereocenters. The summed E-state index contributed by atoms with van der Waals surface area (Å²) < 4.78 is 118. The van der Waals surface area contributed by atoms with E-state index in [0.29, 0.717) is 103 Å². The molecular weight excluding hydrogens is 1940 g/mol. The summed E-state index contributed by atoms with van der Waals surface area (Å²) in [5.74, 6) is -13.2. The van der Waals surface area contributed by atoms with Gasteiger partial charge in [-0.15, -0.1) is 0 Å². The van der Waals surface area contributed by atoms with Gasteiger partial charge in [-0.1, -0.05) is 81.7 Å². The zero-order valence-electron chi connectivity index (χ0n) is 86.3. The molecule has 0 radical (unpaired) electrons. The number of rotatable bonds is 69. The fourth-order valence-corrected chi connectivity index (χ4v) is 16.2. The van der Waals surface area contributed by atoms with Gasteiger partial charge in [-0.2, -0.15) is 0 Å². The summed E-state index contributed by atoms with van der Waals surface area (Å²) in [6.07, 6.45) is -10.6. The first-order valence-electron chi connectivity index (χ1n) is 50.3. The van der Waals surface area contributed by atoms with Crippen LogP contribution in [0.3, 0.4) is 0 Å². The highest BCUT2D eigenvalue weighted by Gasteiger charge is 2.49. The van der Waals surface area contributed by atoms with Crippen LogP contribution >= 0.6 is 0 Å². The number of ether oxygens (including phenoxy) is 21. The molecule has 4 aliphatic heterocycles. The zero-order valence-corrected chi connectivity index (χ0v) is 86.3. The third-order valence-corrected chi connectivity index (χ3v) is 22.9. The van der Waals surface area contributed by atoms with Crippen molar-refractivity contribution in [2.24, 2.45) is 0 Å². The number of carbonyl (C=O) groups excluding carboxylic acids is 20. The summed E-state index contributed by atoms with van der Waals surface area (Å²) in [5.41, 5.74) is 0.743. The van der Waals surface area contributed by atoms with E-state index in [-0.39, 0.29) is 156 Å². The van der Waals surface area contributed by atoms with Crippen LogP contribution in [0.5, 0.6) is 0 Å². The Morgan fingerprint density at radius 1 is 0.272 bits per heavy atom. The van der Waals surface area contributed by atoms with Gasteiger partial charge in [0, 0.05) is 193 Å². The SMILES string of the molecule is CC(=O)OC[C@H]1O[C@@H](OCCCCCCNC(=O)CCC(NC(=O)CCC(NC(=O)CCC(NC(=O)CCCC(=O)OCc2ccccc2)C(=O)NCCCCCCO[C@H]2C[C@@H](OC(C)=O)[C@@H](OC(C)=O)[C@@H](COC(C)=O)O2)C(=O)NCCCCCCO[C@H]2C[C@@H](OC(C)=O)[C@@H](OC(C)=O)[C@@H](COC(C)=O)O2)C(=O)NCCCCCCO[C@H]2C[C@@H](OC(C)=O)[C@@H](OC(C)=O)[C@@H](COC(C)=O)O2)C[C@@H](OC(C)=O)[C@H]1OC(C)=O. The van der Waals surface area contributed by atoms with Crippen molar-refractivity contribution in [2.45, 2.75) is 392 Å². The smallest absolute Gasteiger partial charge is 0.306 e. The maximum absolute atomic E-state index is 14.5. The Bertz CT molecular complexity index is 4330. The second kappa shape index (κ2) is 71.0. The lowest BCUT2D eigenvalue weighted by Gasteiger charge is -2.39. The molecule has 0 saturated carbocycles. The average Bonchev–Trinajstić information content (AvgIpc) is 0.827. The minimum absolute atomic E-state index is 0.00286. The molecule has 0 spiro atoms. The molecule has 3 unspecified atom stereocenters. The summed E-state index contributed by atoms with van der Waals surface area (Å²) >= 11 is 0. The molecule has 4 aliphatic rings. The van der Waals surface area contributed by atoms with Crippen LogP contribution in [0.25, 0.3) is 0 Å². The predicted molar refractivity (Wildman–Crippen MR) is 507 cm³/mol. The van der Waals surface area contributed by atoms with Gasteiger partial charge in [-0.05, 0) is 82.6 Å². The van der Waals surface area contributed by atoms with Crippen molar-refractivity contribution < 1.29 is 195 Å². The Morgan fingerprint density at radius 3 is 0.789 bits per heavy atom. The van der Waals surface area contributed by atoms with E-state index in [1.54, 1.807) is 30.3 Å². The van der Waals surface area contributed by atoms with Crippen LogP contribution in [0.15, 0.2) is 30.3 Å². The highest BCUT2D eigenvalue weighted by molar-refractivity contribution is 5.92. The molecule has 1 aromatic carbocycles. The zero-order chi connectivity index (χ0) is 108. The Kier molecular flexibility index (Phi) is 60.8. The highest BCUT2D eigenvalue weighted by Crippen LogP contribution is 2.33. The average molecular weight is 2100 g/mol. The quantitative estimate of drug-likeness (QED) is 0.0265. The molecule has 4 saturated heterocycles. The summed E-state index contributed by atoms with van der Waals surface area (Å²) in [5, 5.41) is 19.4. The molecule has 0 bridgehead atoms. The number of hydrogen-bond acceptors (Lipinski definition) is 41. The van der Waals surface area contributed by atoms with Crippen LogP contribution in [0, 0.1) is 0 Å². The fourth-order valence-electron chi connectivity index (χ4n) is 16.2. The normalized spacial score (nSPS) is 22.0. The summed E-state index contributed by atoms with van der Waals surface area (Å²) in [6, 6.07) is 4.79. The molecule has 1 aromatic rings. The van der Waals surface area contributed by atoms with Crippen LogP contribution in [0.2, 0.25) is 0 Å². The van der Waals surface area contributed by atoms with Gasteiger partial charge in [0.25, 0.3) is 0 Å². The van der Waals surface area contributed by atoms with Gasteiger partial charge in [-0.3, -0.25) is 95.9 Å². The second-order valence-electron chi connectivity index (χ2n) is 35.8. The Balaban J connectivity index is 1.30. The van der Waals surface area contributed by atoms with Gasteiger partial charge in [0.1, 0.15) is 100.0 Å². The maximum atomic E-state index is 14.5. The first-order chi connectivity index (χ1) is 70.1. The fraction of sp³-hybridized carbons (Fsp3) is 0.737. The van der Waals surface area contributed by atoms with Crippen molar-refractivity contribution in [2.75, 3.05) is 79.0 Å². The molecule has 4 fully saturated rings. The summed E-state index contributed by atoms with van der Waals surface area (Å²) in [4.78, 5) is 256. The first-order valence-corrected chi connectivity index (χ1v) is 50.3.